The first-order valence-electron chi connectivity index (χ1n) is 7.77. The first kappa shape index (κ1) is 17.5. The zero-order chi connectivity index (χ0) is 18.6. The number of Topliss-reactive ketones (excluding diaryl/α,β-unsaturated/α-hetero) is 1. The number of carbonyl (C=O) groups excluding carboxylic acids is 2. The number of methoxy groups -OCH3 is 1. The van der Waals surface area contributed by atoms with Crippen molar-refractivity contribution in [2.45, 2.75) is 52.0 Å². The summed E-state index contributed by atoms with van der Waals surface area (Å²) in [5, 5.41) is 0. The summed E-state index contributed by atoms with van der Waals surface area (Å²) in [4.78, 5) is 25.6. The number of ketones is 1. The molecule has 2 aliphatic heterocycles. The molecule has 0 amide bonds. The molecule has 134 valence electrons. The fourth-order valence-electron chi connectivity index (χ4n) is 5.35. The average molecular weight is 346 g/mol. The highest BCUT2D eigenvalue weighted by molar-refractivity contribution is 6.04. The van der Waals surface area contributed by atoms with Crippen molar-refractivity contribution in [2.24, 2.45) is 22.2 Å². The summed E-state index contributed by atoms with van der Waals surface area (Å²) in [7, 11) is 1.04. The minimum atomic E-state index is -4.80. The fourth-order valence-corrected chi connectivity index (χ4v) is 5.35. The van der Waals surface area contributed by atoms with E-state index in [1.54, 1.807) is 20.8 Å². The molecule has 2 fully saturated rings. The van der Waals surface area contributed by atoms with E-state index in [1.165, 1.54) is 26.0 Å². The molecule has 4 nitrogen and oxygen atoms in total. The molecule has 0 aromatic rings. The van der Waals surface area contributed by atoms with Gasteiger partial charge in [0.15, 0.2) is 0 Å². The predicted octanol–water partition coefficient (Wildman–Crippen LogP) is 3.06. The van der Waals surface area contributed by atoms with E-state index in [1.807, 2.05) is 0 Å². The standard InChI is InChI=1S/C17H21F3O4/c1-12(2,3)11(22)15-9(10(21)23-6)16(15,17(18,19)20)14(5)8-7-13(15,4)24-14/h7-9H,1-6H3. The Kier molecular flexibility index (Phi) is 2.95. The molecule has 1 saturated carbocycles. The van der Waals surface area contributed by atoms with Crippen LogP contribution in [0.2, 0.25) is 0 Å². The van der Waals surface area contributed by atoms with Crippen LogP contribution in [-0.2, 0) is 19.1 Å². The van der Waals surface area contributed by atoms with Crippen molar-refractivity contribution in [3.63, 3.8) is 0 Å². The Morgan fingerprint density at radius 3 is 2.00 bits per heavy atom. The van der Waals surface area contributed by atoms with E-state index in [9.17, 15) is 22.8 Å². The van der Waals surface area contributed by atoms with Crippen molar-refractivity contribution in [3.05, 3.63) is 12.2 Å². The molecule has 3 aliphatic rings. The lowest BCUT2D eigenvalue weighted by atomic mass is 9.65. The molecule has 0 spiro atoms. The van der Waals surface area contributed by atoms with Gasteiger partial charge in [-0.15, -0.1) is 0 Å². The van der Waals surface area contributed by atoms with E-state index in [4.69, 9.17) is 4.74 Å². The molecule has 5 atom stereocenters. The lowest BCUT2D eigenvalue weighted by Crippen LogP contribution is -2.50. The third-order valence-corrected chi connectivity index (χ3v) is 6.04. The van der Waals surface area contributed by atoms with Crippen molar-refractivity contribution < 1.29 is 32.2 Å². The lowest BCUT2D eigenvalue weighted by molar-refractivity contribution is -0.232. The molecule has 2 heterocycles. The number of hydrogen-bond acceptors (Lipinski definition) is 4. The maximum atomic E-state index is 14.3. The summed E-state index contributed by atoms with van der Waals surface area (Å²) in [6.45, 7) is 7.41. The zero-order valence-corrected chi connectivity index (χ0v) is 14.5. The number of hydrogen-bond donors (Lipinski definition) is 0. The minimum Gasteiger partial charge on any atom is -0.469 e. The van der Waals surface area contributed by atoms with Crippen molar-refractivity contribution >= 4 is 11.8 Å². The van der Waals surface area contributed by atoms with Crippen molar-refractivity contribution in [1.29, 1.82) is 0 Å². The van der Waals surface area contributed by atoms with Crippen LogP contribution in [0.5, 0.6) is 0 Å². The first-order chi connectivity index (χ1) is 10.7. The Labute approximate surface area is 138 Å². The van der Waals surface area contributed by atoms with E-state index < -0.39 is 51.3 Å². The number of fused-ring (bicyclic) bond motifs is 5. The van der Waals surface area contributed by atoms with Crippen LogP contribution >= 0.6 is 0 Å². The summed E-state index contributed by atoms with van der Waals surface area (Å²) in [5.41, 5.74) is -8.96. The summed E-state index contributed by atoms with van der Waals surface area (Å²) < 4.78 is 53.4. The van der Waals surface area contributed by atoms with Crippen LogP contribution in [0, 0.1) is 22.2 Å². The molecule has 3 rings (SSSR count). The van der Waals surface area contributed by atoms with Crippen LogP contribution < -0.4 is 0 Å². The number of carbonyl (C=O) groups is 2. The Bertz CT molecular complexity index is 676. The van der Waals surface area contributed by atoms with Crippen molar-refractivity contribution in [2.75, 3.05) is 7.11 Å². The van der Waals surface area contributed by atoms with E-state index in [-0.39, 0.29) is 0 Å². The molecule has 0 aromatic heterocycles. The maximum absolute atomic E-state index is 14.3. The third-order valence-electron chi connectivity index (χ3n) is 6.04. The predicted molar refractivity (Wildman–Crippen MR) is 77.9 cm³/mol. The number of esters is 1. The van der Waals surface area contributed by atoms with Gasteiger partial charge in [0.2, 0.25) is 0 Å². The zero-order valence-electron chi connectivity index (χ0n) is 14.5. The van der Waals surface area contributed by atoms with Gasteiger partial charge in [0.25, 0.3) is 0 Å². The van der Waals surface area contributed by atoms with Gasteiger partial charge in [-0.25, -0.2) is 0 Å². The lowest BCUT2D eigenvalue weighted by Gasteiger charge is -2.35. The van der Waals surface area contributed by atoms with Gasteiger partial charge < -0.3 is 9.47 Å². The Morgan fingerprint density at radius 2 is 1.58 bits per heavy atom. The van der Waals surface area contributed by atoms with Gasteiger partial charge in [-0.1, -0.05) is 32.9 Å². The molecule has 1 aliphatic carbocycles. The van der Waals surface area contributed by atoms with Crippen LogP contribution in [-0.4, -0.2) is 36.2 Å². The molecule has 0 radical (unpaired) electrons. The molecular formula is C17H21F3O4. The van der Waals surface area contributed by atoms with Crippen LogP contribution in [0.4, 0.5) is 13.2 Å². The molecule has 7 heteroatoms. The van der Waals surface area contributed by atoms with E-state index >= 15 is 0 Å². The molecule has 0 aromatic carbocycles. The smallest absolute Gasteiger partial charge is 0.399 e. The fraction of sp³-hybridized carbons (Fsp3) is 0.765. The second kappa shape index (κ2) is 4.06. The Balaban J connectivity index is 2.36. The second-order valence-electron chi connectivity index (χ2n) is 8.30. The number of rotatable bonds is 2. The van der Waals surface area contributed by atoms with Crippen LogP contribution in [0.25, 0.3) is 0 Å². The number of ether oxygens (including phenoxy) is 2. The van der Waals surface area contributed by atoms with Crippen LogP contribution in [0.3, 0.4) is 0 Å². The summed E-state index contributed by atoms with van der Waals surface area (Å²) in [6, 6.07) is 0. The van der Waals surface area contributed by atoms with Crippen molar-refractivity contribution in [3.8, 4) is 0 Å². The SMILES string of the molecule is COC(=O)C1C2(C(=O)C(C)(C)C)C3(C)C=CC(C)(O3)C12C(F)(F)F. The van der Waals surface area contributed by atoms with Gasteiger partial charge >= 0.3 is 12.1 Å². The third kappa shape index (κ3) is 1.39. The number of alkyl halides is 3. The van der Waals surface area contributed by atoms with E-state index in [0.29, 0.717) is 0 Å². The van der Waals surface area contributed by atoms with Crippen LogP contribution in [0.1, 0.15) is 34.6 Å². The van der Waals surface area contributed by atoms with Gasteiger partial charge in [0.1, 0.15) is 16.8 Å². The van der Waals surface area contributed by atoms with E-state index in [0.717, 1.165) is 7.11 Å². The highest BCUT2D eigenvalue weighted by atomic mass is 19.4. The van der Waals surface area contributed by atoms with Gasteiger partial charge in [-0.3, -0.25) is 9.59 Å². The minimum absolute atomic E-state index is 0.627. The van der Waals surface area contributed by atoms with Crippen molar-refractivity contribution in [1.82, 2.24) is 0 Å². The van der Waals surface area contributed by atoms with Gasteiger partial charge in [0.05, 0.1) is 24.0 Å². The second-order valence-corrected chi connectivity index (χ2v) is 8.30. The maximum Gasteiger partial charge on any atom is 0.399 e. The first-order valence-corrected chi connectivity index (χ1v) is 7.77. The Morgan fingerprint density at radius 1 is 1.08 bits per heavy atom. The quantitative estimate of drug-likeness (QED) is 0.570. The molecule has 1 saturated heterocycles. The monoisotopic (exact) mass is 346 g/mol. The van der Waals surface area contributed by atoms with Crippen LogP contribution in [0.15, 0.2) is 12.2 Å². The van der Waals surface area contributed by atoms with Gasteiger partial charge in [0, 0.05) is 5.41 Å². The summed E-state index contributed by atoms with van der Waals surface area (Å²) in [6.07, 6.45) is -1.98. The highest BCUT2D eigenvalue weighted by Crippen LogP contribution is 2.91. The van der Waals surface area contributed by atoms with Gasteiger partial charge in [-0.05, 0) is 13.8 Å². The Hall–Kier alpha value is -1.37. The molecule has 0 N–H and O–H groups in total. The summed E-state index contributed by atoms with van der Waals surface area (Å²) >= 11 is 0. The molecule has 24 heavy (non-hydrogen) atoms. The molecule has 2 bridgehead atoms. The molecule has 5 unspecified atom stereocenters. The average Bonchev–Trinajstić information content (AvgIpc) is 2.95. The van der Waals surface area contributed by atoms with E-state index in [2.05, 4.69) is 4.74 Å². The molecular weight excluding hydrogens is 325 g/mol. The summed E-state index contributed by atoms with van der Waals surface area (Å²) in [5.74, 6) is -3.26. The number of halogens is 3. The highest BCUT2D eigenvalue weighted by Gasteiger charge is 3.05. The topological polar surface area (TPSA) is 52.6 Å². The largest absolute Gasteiger partial charge is 0.469 e. The normalized spacial score (nSPS) is 46.0. The van der Waals surface area contributed by atoms with Gasteiger partial charge in [-0.2, -0.15) is 13.2 Å².